The van der Waals surface area contributed by atoms with Crippen LogP contribution in [0.2, 0.25) is 10.0 Å². The van der Waals surface area contributed by atoms with E-state index in [0.717, 1.165) is 5.56 Å². The molecule has 0 aliphatic carbocycles. The Bertz CT molecular complexity index is 632. The summed E-state index contributed by atoms with van der Waals surface area (Å²) in [5.74, 6) is -0.372. The summed E-state index contributed by atoms with van der Waals surface area (Å²) in [4.78, 5) is 0. The summed E-state index contributed by atoms with van der Waals surface area (Å²) in [5, 5.41) is 9.55. The molecule has 2 rings (SSSR count). The molecule has 0 aromatic heterocycles. The Morgan fingerprint density at radius 2 is 1.89 bits per heavy atom. The van der Waals surface area contributed by atoms with Gasteiger partial charge in [-0.15, -0.1) is 0 Å². The lowest BCUT2D eigenvalue weighted by molar-refractivity contribution is 0.628. The summed E-state index contributed by atoms with van der Waals surface area (Å²) in [5.41, 5.74) is 1.96. The van der Waals surface area contributed by atoms with Gasteiger partial charge in [0.15, 0.2) is 0 Å². The topological polar surface area (TPSA) is 23.8 Å². The Kier molecular flexibility index (Phi) is 3.86. The van der Waals surface area contributed by atoms with Gasteiger partial charge in [-0.05, 0) is 29.3 Å². The van der Waals surface area contributed by atoms with Crippen molar-refractivity contribution >= 4 is 23.2 Å². The van der Waals surface area contributed by atoms with Gasteiger partial charge in [0.1, 0.15) is 5.82 Å². The van der Waals surface area contributed by atoms with Crippen molar-refractivity contribution in [2.24, 2.45) is 0 Å². The Balaban J connectivity index is 2.66. The van der Waals surface area contributed by atoms with E-state index in [1.165, 1.54) is 12.1 Å². The molecule has 0 saturated heterocycles. The van der Waals surface area contributed by atoms with E-state index in [1.807, 2.05) is 6.07 Å². The highest BCUT2D eigenvalue weighted by Crippen LogP contribution is 2.35. The highest BCUT2D eigenvalue weighted by Gasteiger charge is 2.11. The molecule has 0 radical (unpaired) electrons. The van der Waals surface area contributed by atoms with E-state index in [-0.39, 0.29) is 12.2 Å². The smallest absolute Gasteiger partial charge is 0.123 e. The number of rotatable bonds is 2. The summed E-state index contributed by atoms with van der Waals surface area (Å²) >= 11 is 12.1. The molecular weight excluding hydrogens is 272 g/mol. The van der Waals surface area contributed by atoms with Crippen LogP contribution in [0.3, 0.4) is 0 Å². The molecule has 0 unspecified atom stereocenters. The van der Waals surface area contributed by atoms with Gasteiger partial charge in [-0.3, -0.25) is 0 Å². The quantitative estimate of drug-likeness (QED) is 0.770. The van der Waals surface area contributed by atoms with Gasteiger partial charge in [-0.25, -0.2) is 4.39 Å². The van der Waals surface area contributed by atoms with Crippen LogP contribution >= 0.6 is 23.2 Å². The van der Waals surface area contributed by atoms with Crippen LogP contribution in [0.15, 0.2) is 36.4 Å². The molecule has 0 aliphatic rings. The lowest BCUT2D eigenvalue weighted by Gasteiger charge is -2.10. The zero-order valence-electron chi connectivity index (χ0n) is 9.25. The Morgan fingerprint density at radius 1 is 1.11 bits per heavy atom. The van der Waals surface area contributed by atoms with Crippen molar-refractivity contribution in [3.8, 4) is 17.2 Å². The fourth-order valence-corrected chi connectivity index (χ4v) is 2.15. The molecule has 0 heterocycles. The van der Waals surface area contributed by atoms with Crippen molar-refractivity contribution in [2.45, 2.75) is 6.42 Å². The van der Waals surface area contributed by atoms with Gasteiger partial charge in [0, 0.05) is 5.56 Å². The van der Waals surface area contributed by atoms with E-state index in [0.29, 0.717) is 21.2 Å². The summed E-state index contributed by atoms with van der Waals surface area (Å²) in [6, 6.07) is 11.5. The molecule has 2 aromatic carbocycles. The second kappa shape index (κ2) is 5.39. The van der Waals surface area contributed by atoms with E-state index >= 15 is 0 Å². The third kappa shape index (κ3) is 2.48. The van der Waals surface area contributed by atoms with E-state index < -0.39 is 0 Å². The molecule has 2 aromatic rings. The van der Waals surface area contributed by atoms with E-state index in [1.54, 1.807) is 24.3 Å². The number of halogens is 3. The van der Waals surface area contributed by atoms with E-state index in [4.69, 9.17) is 28.5 Å². The first-order valence-electron chi connectivity index (χ1n) is 5.23. The minimum Gasteiger partial charge on any atom is -0.207 e. The third-order valence-corrected chi connectivity index (χ3v) is 3.40. The van der Waals surface area contributed by atoms with Crippen molar-refractivity contribution in [3.05, 3.63) is 57.8 Å². The van der Waals surface area contributed by atoms with E-state index in [2.05, 4.69) is 0 Å². The second-order valence-electron chi connectivity index (χ2n) is 3.74. The number of hydrogen-bond acceptors (Lipinski definition) is 1. The fourth-order valence-electron chi connectivity index (χ4n) is 1.75. The van der Waals surface area contributed by atoms with Crippen LogP contribution in [-0.4, -0.2) is 0 Å². The van der Waals surface area contributed by atoms with Gasteiger partial charge in [0.2, 0.25) is 0 Å². The van der Waals surface area contributed by atoms with Crippen LogP contribution in [0.5, 0.6) is 0 Å². The van der Waals surface area contributed by atoms with Crippen molar-refractivity contribution in [3.63, 3.8) is 0 Å². The average Bonchev–Trinajstić information content (AvgIpc) is 2.35. The van der Waals surface area contributed by atoms with Crippen LogP contribution in [0.1, 0.15) is 5.56 Å². The largest absolute Gasteiger partial charge is 0.207 e. The van der Waals surface area contributed by atoms with E-state index in [9.17, 15) is 4.39 Å². The van der Waals surface area contributed by atoms with Crippen LogP contribution in [0.25, 0.3) is 11.1 Å². The maximum atomic E-state index is 13.3. The SMILES string of the molecule is N#CCc1ccc(F)cc1-c1cccc(Cl)c1Cl. The van der Waals surface area contributed by atoms with Crippen LogP contribution < -0.4 is 0 Å². The lowest BCUT2D eigenvalue weighted by atomic mass is 9.98. The minimum absolute atomic E-state index is 0.193. The molecule has 0 N–H and O–H groups in total. The molecule has 0 fully saturated rings. The minimum atomic E-state index is -0.372. The Labute approximate surface area is 114 Å². The maximum Gasteiger partial charge on any atom is 0.123 e. The normalized spacial score (nSPS) is 10.1. The molecule has 0 aliphatic heterocycles. The van der Waals surface area contributed by atoms with Gasteiger partial charge < -0.3 is 0 Å². The molecule has 1 nitrogen and oxygen atoms in total. The third-order valence-electron chi connectivity index (χ3n) is 2.58. The number of hydrogen-bond donors (Lipinski definition) is 0. The van der Waals surface area contributed by atoms with Crippen molar-refractivity contribution in [1.29, 1.82) is 5.26 Å². The van der Waals surface area contributed by atoms with Gasteiger partial charge in [-0.2, -0.15) is 5.26 Å². The van der Waals surface area contributed by atoms with Gasteiger partial charge >= 0.3 is 0 Å². The summed E-state index contributed by atoms with van der Waals surface area (Å²) < 4.78 is 13.3. The molecule has 4 heteroatoms. The zero-order valence-corrected chi connectivity index (χ0v) is 10.8. The highest BCUT2D eigenvalue weighted by atomic mass is 35.5. The zero-order chi connectivity index (χ0) is 13.1. The highest BCUT2D eigenvalue weighted by molar-refractivity contribution is 6.43. The monoisotopic (exact) mass is 279 g/mol. The predicted octanol–water partition coefficient (Wildman–Crippen LogP) is 4.87. The Morgan fingerprint density at radius 3 is 2.61 bits per heavy atom. The molecule has 0 saturated carbocycles. The molecular formula is C14H8Cl2FN. The van der Waals surface area contributed by atoms with Gasteiger partial charge in [0.25, 0.3) is 0 Å². The van der Waals surface area contributed by atoms with Gasteiger partial charge in [0.05, 0.1) is 22.5 Å². The number of nitrogens with zero attached hydrogens (tertiary/aromatic N) is 1. The fraction of sp³-hybridized carbons (Fsp3) is 0.0714. The average molecular weight is 280 g/mol. The molecule has 90 valence electrons. The summed E-state index contributed by atoms with van der Waals surface area (Å²) in [6.07, 6.45) is 0.193. The van der Waals surface area contributed by atoms with Crippen molar-refractivity contribution < 1.29 is 4.39 Å². The first-order valence-corrected chi connectivity index (χ1v) is 5.99. The number of nitriles is 1. The van der Waals surface area contributed by atoms with Crippen LogP contribution in [-0.2, 0) is 6.42 Å². The van der Waals surface area contributed by atoms with Crippen molar-refractivity contribution in [1.82, 2.24) is 0 Å². The van der Waals surface area contributed by atoms with Crippen molar-refractivity contribution in [2.75, 3.05) is 0 Å². The molecule has 18 heavy (non-hydrogen) atoms. The first-order chi connectivity index (χ1) is 8.63. The molecule has 0 spiro atoms. The molecule has 0 bridgehead atoms. The standard InChI is InChI=1S/C14H8Cl2FN/c15-13-3-1-2-11(14(13)16)12-8-10(17)5-4-9(12)6-7-18/h1-5,8H,6H2. The second-order valence-corrected chi connectivity index (χ2v) is 4.52. The predicted molar refractivity (Wildman–Crippen MR) is 71.2 cm³/mol. The van der Waals surface area contributed by atoms with Crippen LogP contribution in [0.4, 0.5) is 4.39 Å². The lowest BCUT2D eigenvalue weighted by Crippen LogP contribution is -1.91. The summed E-state index contributed by atoms with van der Waals surface area (Å²) in [6.45, 7) is 0. The first kappa shape index (κ1) is 12.9. The van der Waals surface area contributed by atoms with Crippen LogP contribution in [0, 0.1) is 17.1 Å². The Hall–Kier alpha value is -1.56. The number of benzene rings is 2. The molecule has 0 amide bonds. The van der Waals surface area contributed by atoms with Gasteiger partial charge in [-0.1, -0.05) is 41.4 Å². The summed E-state index contributed by atoms with van der Waals surface area (Å²) in [7, 11) is 0. The maximum absolute atomic E-state index is 13.3. The molecule has 0 atom stereocenters.